The summed E-state index contributed by atoms with van der Waals surface area (Å²) in [7, 11) is 1.66. The molecule has 0 atom stereocenters. The zero-order chi connectivity index (χ0) is 12.3. The number of nitrogens with zero attached hydrogens (tertiary/aromatic N) is 2. The Morgan fingerprint density at radius 2 is 2.06 bits per heavy atom. The van der Waals surface area contributed by atoms with Crippen LogP contribution in [-0.2, 0) is 6.18 Å². The Hall–Kier alpha value is -0.680. The lowest BCUT2D eigenvalue weighted by atomic mass is 10.2. The summed E-state index contributed by atoms with van der Waals surface area (Å²) in [5.41, 5.74) is -0.861. The van der Waals surface area contributed by atoms with Gasteiger partial charge in [-0.05, 0) is 6.07 Å². The molecule has 0 aromatic carbocycles. The standard InChI is InChI=1S/C9H9Cl2F3N2/c1-16(3-2-10)8-7(11)4-6(5-15-8)9(12,13)14/h4-5H,2-3H2,1H3. The van der Waals surface area contributed by atoms with Gasteiger partial charge in [-0.15, -0.1) is 11.6 Å². The molecule has 2 nitrogen and oxygen atoms in total. The van der Waals surface area contributed by atoms with E-state index in [4.69, 9.17) is 23.2 Å². The zero-order valence-corrected chi connectivity index (χ0v) is 9.87. The van der Waals surface area contributed by atoms with Crippen molar-refractivity contribution in [2.24, 2.45) is 0 Å². The lowest BCUT2D eigenvalue weighted by Gasteiger charge is -2.18. The van der Waals surface area contributed by atoms with Gasteiger partial charge < -0.3 is 4.90 Å². The molecule has 1 heterocycles. The quantitative estimate of drug-likeness (QED) is 0.784. The molecule has 0 amide bonds. The van der Waals surface area contributed by atoms with Gasteiger partial charge in [0, 0.05) is 25.7 Å². The van der Waals surface area contributed by atoms with Crippen molar-refractivity contribution in [3.63, 3.8) is 0 Å². The van der Waals surface area contributed by atoms with Crippen LogP contribution < -0.4 is 4.90 Å². The van der Waals surface area contributed by atoms with Crippen LogP contribution in [-0.4, -0.2) is 24.5 Å². The zero-order valence-electron chi connectivity index (χ0n) is 8.35. The van der Waals surface area contributed by atoms with Crippen LogP contribution >= 0.6 is 23.2 Å². The maximum Gasteiger partial charge on any atom is 0.417 e. The fourth-order valence-electron chi connectivity index (χ4n) is 1.10. The number of rotatable bonds is 3. The summed E-state index contributed by atoms with van der Waals surface area (Å²) in [6.07, 6.45) is -3.67. The van der Waals surface area contributed by atoms with E-state index < -0.39 is 11.7 Å². The molecular weight excluding hydrogens is 264 g/mol. The molecule has 0 N–H and O–H groups in total. The van der Waals surface area contributed by atoms with Gasteiger partial charge in [-0.3, -0.25) is 0 Å². The van der Waals surface area contributed by atoms with Gasteiger partial charge in [0.2, 0.25) is 0 Å². The van der Waals surface area contributed by atoms with Crippen molar-refractivity contribution in [2.45, 2.75) is 6.18 Å². The Labute approximate surface area is 101 Å². The molecule has 0 fully saturated rings. The first-order chi connectivity index (χ1) is 7.36. The van der Waals surface area contributed by atoms with E-state index in [9.17, 15) is 13.2 Å². The van der Waals surface area contributed by atoms with Crippen molar-refractivity contribution in [3.8, 4) is 0 Å². The topological polar surface area (TPSA) is 16.1 Å². The van der Waals surface area contributed by atoms with Crippen molar-refractivity contribution in [1.29, 1.82) is 0 Å². The third kappa shape index (κ3) is 3.15. The van der Waals surface area contributed by atoms with Crippen molar-refractivity contribution < 1.29 is 13.2 Å². The second kappa shape index (κ2) is 5.10. The Morgan fingerprint density at radius 3 is 2.50 bits per heavy atom. The molecule has 0 unspecified atom stereocenters. The van der Waals surface area contributed by atoms with Crippen molar-refractivity contribution >= 4 is 29.0 Å². The van der Waals surface area contributed by atoms with E-state index in [1.807, 2.05) is 0 Å². The van der Waals surface area contributed by atoms with Gasteiger partial charge in [0.25, 0.3) is 0 Å². The van der Waals surface area contributed by atoms with Gasteiger partial charge in [0.15, 0.2) is 0 Å². The van der Waals surface area contributed by atoms with Gasteiger partial charge >= 0.3 is 6.18 Å². The molecule has 0 aliphatic carbocycles. The highest BCUT2D eigenvalue weighted by atomic mass is 35.5. The second-order valence-corrected chi connectivity index (χ2v) is 3.92. The van der Waals surface area contributed by atoms with Crippen LogP contribution in [0.25, 0.3) is 0 Å². The monoisotopic (exact) mass is 272 g/mol. The van der Waals surface area contributed by atoms with E-state index in [1.54, 1.807) is 11.9 Å². The highest BCUT2D eigenvalue weighted by molar-refractivity contribution is 6.33. The van der Waals surface area contributed by atoms with Crippen LogP contribution in [0.15, 0.2) is 12.3 Å². The maximum absolute atomic E-state index is 12.3. The van der Waals surface area contributed by atoms with E-state index in [0.717, 1.165) is 12.3 Å². The molecule has 1 aromatic rings. The van der Waals surface area contributed by atoms with E-state index in [-0.39, 0.29) is 10.8 Å². The molecular formula is C9H9Cl2F3N2. The lowest BCUT2D eigenvalue weighted by molar-refractivity contribution is -0.137. The number of hydrogen-bond acceptors (Lipinski definition) is 2. The molecule has 0 spiro atoms. The van der Waals surface area contributed by atoms with E-state index >= 15 is 0 Å². The second-order valence-electron chi connectivity index (χ2n) is 3.14. The summed E-state index contributed by atoms with van der Waals surface area (Å²) in [4.78, 5) is 5.27. The van der Waals surface area contributed by atoms with Crippen molar-refractivity contribution in [1.82, 2.24) is 4.98 Å². The minimum absolute atomic E-state index is 0.0394. The number of aromatic nitrogens is 1. The Bertz CT molecular complexity index is 368. The van der Waals surface area contributed by atoms with Gasteiger partial charge in [-0.2, -0.15) is 13.2 Å². The fourth-order valence-corrected chi connectivity index (χ4v) is 1.66. The minimum Gasteiger partial charge on any atom is -0.357 e. The highest BCUT2D eigenvalue weighted by Gasteiger charge is 2.31. The summed E-state index contributed by atoms with van der Waals surface area (Å²) >= 11 is 11.2. The largest absolute Gasteiger partial charge is 0.417 e. The molecule has 0 radical (unpaired) electrons. The first-order valence-corrected chi connectivity index (χ1v) is 5.27. The lowest BCUT2D eigenvalue weighted by Crippen LogP contribution is -2.21. The molecule has 0 saturated carbocycles. The van der Waals surface area contributed by atoms with Gasteiger partial charge in [-0.25, -0.2) is 4.98 Å². The molecule has 1 rings (SSSR count). The Balaban J connectivity index is 3.00. The third-order valence-electron chi connectivity index (χ3n) is 1.93. The molecule has 0 bridgehead atoms. The third-order valence-corrected chi connectivity index (χ3v) is 2.38. The smallest absolute Gasteiger partial charge is 0.357 e. The van der Waals surface area contributed by atoms with Crippen molar-refractivity contribution in [2.75, 3.05) is 24.4 Å². The predicted octanol–water partition coefficient (Wildman–Crippen LogP) is 3.43. The normalized spacial score (nSPS) is 11.6. The van der Waals surface area contributed by atoms with Crippen LogP contribution in [0.1, 0.15) is 5.56 Å². The number of halogens is 5. The van der Waals surface area contributed by atoms with Crippen LogP contribution in [0.2, 0.25) is 5.02 Å². The number of pyridine rings is 1. The molecule has 0 aliphatic heterocycles. The van der Waals surface area contributed by atoms with Crippen molar-refractivity contribution in [3.05, 3.63) is 22.8 Å². The maximum atomic E-state index is 12.3. The van der Waals surface area contributed by atoms with E-state index in [1.165, 1.54) is 0 Å². The molecule has 16 heavy (non-hydrogen) atoms. The fraction of sp³-hybridized carbons (Fsp3) is 0.444. The van der Waals surface area contributed by atoms with Gasteiger partial charge in [0.05, 0.1) is 10.6 Å². The molecule has 90 valence electrons. The highest BCUT2D eigenvalue weighted by Crippen LogP contribution is 2.33. The SMILES string of the molecule is CN(CCCl)c1ncc(C(F)(F)F)cc1Cl. The average molecular weight is 273 g/mol. The van der Waals surface area contributed by atoms with Crippen LogP contribution in [0, 0.1) is 0 Å². The predicted molar refractivity (Wildman–Crippen MR) is 58.2 cm³/mol. The summed E-state index contributed by atoms with van der Waals surface area (Å²) in [6.45, 7) is 0.458. The average Bonchev–Trinajstić information content (AvgIpc) is 2.16. The summed E-state index contributed by atoms with van der Waals surface area (Å²) in [5, 5.41) is -0.0394. The van der Waals surface area contributed by atoms with Gasteiger partial charge in [0.1, 0.15) is 5.82 Å². The first kappa shape index (κ1) is 13.4. The number of hydrogen-bond donors (Lipinski definition) is 0. The minimum atomic E-state index is -4.43. The molecule has 0 aliphatic rings. The summed E-state index contributed by atoms with van der Waals surface area (Å²) < 4.78 is 36.9. The summed E-state index contributed by atoms with van der Waals surface area (Å²) in [6, 6.07) is 0.856. The van der Waals surface area contributed by atoms with E-state index in [2.05, 4.69) is 4.98 Å². The Kier molecular flexibility index (Phi) is 4.27. The summed E-state index contributed by atoms with van der Waals surface area (Å²) in [5.74, 6) is 0.630. The molecule has 1 aromatic heterocycles. The number of anilines is 1. The molecule has 7 heteroatoms. The Morgan fingerprint density at radius 1 is 1.44 bits per heavy atom. The van der Waals surface area contributed by atoms with Crippen LogP contribution in [0.4, 0.5) is 19.0 Å². The number of alkyl halides is 4. The van der Waals surface area contributed by atoms with Crippen LogP contribution in [0.5, 0.6) is 0 Å². The molecule has 0 saturated heterocycles. The van der Waals surface area contributed by atoms with Gasteiger partial charge in [-0.1, -0.05) is 11.6 Å². The van der Waals surface area contributed by atoms with Crippen LogP contribution in [0.3, 0.4) is 0 Å². The first-order valence-electron chi connectivity index (χ1n) is 4.36. The van der Waals surface area contributed by atoms with E-state index in [0.29, 0.717) is 12.4 Å².